The molecule has 0 aromatic carbocycles. The van der Waals surface area contributed by atoms with E-state index in [9.17, 15) is 9.59 Å². The molecular formula is C14H21N3O3. The van der Waals surface area contributed by atoms with E-state index in [1.807, 2.05) is 6.92 Å². The molecule has 110 valence electrons. The van der Waals surface area contributed by atoms with Crippen LogP contribution in [0.25, 0.3) is 0 Å². The van der Waals surface area contributed by atoms with Crippen LogP contribution in [0.2, 0.25) is 0 Å². The van der Waals surface area contributed by atoms with Gasteiger partial charge in [-0.3, -0.25) is 4.79 Å². The number of nitrogens with one attached hydrogen (secondary N) is 1. The highest BCUT2D eigenvalue weighted by atomic mass is 16.4. The van der Waals surface area contributed by atoms with Crippen LogP contribution in [0, 0.1) is 0 Å². The van der Waals surface area contributed by atoms with Crippen molar-refractivity contribution < 1.29 is 14.7 Å². The molecule has 1 aromatic rings. The molecule has 0 aliphatic heterocycles. The molecule has 6 nitrogen and oxygen atoms in total. The molecule has 0 aliphatic carbocycles. The monoisotopic (exact) mass is 279 g/mol. The molecule has 1 atom stereocenters. The molecule has 20 heavy (non-hydrogen) atoms. The molecule has 1 rings (SSSR count). The van der Waals surface area contributed by atoms with Gasteiger partial charge in [-0.2, -0.15) is 0 Å². The minimum absolute atomic E-state index is 0.0299. The summed E-state index contributed by atoms with van der Waals surface area (Å²) >= 11 is 0. The van der Waals surface area contributed by atoms with Crippen molar-refractivity contribution in [3.8, 4) is 0 Å². The van der Waals surface area contributed by atoms with Gasteiger partial charge in [0.25, 0.3) is 5.91 Å². The molecule has 1 amide bonds. The van der Waals surface area contributed by atoms with Crippen LogP contribution >= 0.6 is 0 Å². The van der Waals surface area contributed by atoms with Gasteiger partial charge in [0, 0.05) is 12.6 Å². The van der Waals surface area contributed by atoms with Crippen LogP contribution in [-0.2, 0) is 0 Å². The molecule has 0 spiro atoms. The summed E-state index contributed by atoms with van der Waals surface area (Å²) < 4.78 is 0. The predicted molar refractivity (Wildman–Crippen MR) is 75.9 cm³/mol. The third kappa shape index (κ3) is 4.62. The standard InChI is InChI=1S/C14H21N3O3/c1-4-17(5-2)9-10(3)15-13(18)11-7-6-8-12(16-11)14(19)20/h6-8,10H,4-5,9H2,1-3H3,(H,15,18)(H,19,20). The van der Waals surface area contributed by atoms with E-state index in [1.54, 1.807) is 0 Å². The summed E-state index contributed by atoms with van der Waals surface area (Å²) in [6.45, 7) is 8.63. The van der Waals surface area contributed by atoms with E-state index in [0.717, 1.165) is 19.6 Å². The number of amides is 1. The molecule has 0 aliphatic rings. The average Bonchev–Trinajstić information content (AvgIpc) is 2.44. The number of hydrogen-bond donors (Lipinski definition) is 2. The SMILES string of the molecule is CCN(CC)CC(C)NC(=O)c1cccc(C(=O)O)n1. The fourth-order valence-corrected chi connectivity index (χ4v) is 1.89. The summed E-state index contributed by atoms with van der Waals surface area (Å²) in [5.74, 6) is -1.50. The zero-order valence-electron chi connectivity index (χ0n) is 12.1. The molecule has 0 saturated heterocycles. The summed E-state index contributed by atoms with van der Waals surface area (Å²) in [7, 11) is 0. The quantitative estimate of drug-likeness (QED) is 0.784. The van der Waals surface area contributed by atoms with Gasteiger partial charge in [-0.05, 0) is 32.1 Å². The third-order valence-electron chi connectivity index (χ3n) is 3.00. The van der Waals surface area contributed by atoms with Crippen molar-refractivity contribution in [3.63, 3.8) is 0 Å². The average molecular weight is 279 g/mol. The number of aromatic nitrogens is 1. The number of carboxylic acids is 1. The van der Waals surface area contributed by atoms with E-state index < -0.39 is 5.97 Å². The second-order valence-electron chi connectivity index (χ2n) is 4.57. The first-order valence-electron chi connectivity index (χ1n) is 6.71. The minimum Gasteiger partial charge on any atom is -0.477 e. The summed E-state index contributed by atoms with van der Waals surface area (Å²) in [6, 6.07) is 4.35. The lowest BCUT2D eigenvalue weighted by atomic mass is 10.2. The first kappa shape index (κ1) is 16.1. The molecule has 1 unspecified atom stereocenters. The zero-order chi connectivity index (χ0) is 15.1. The molecule has 2 N–H and O–H groups in total. The summed E-state index contributed by atoms with van der Waals surface area (Å²) in [4.78, 5) is 28.8. The van der Waals surface area contributed by atoms with Crippen molar-refractivity contribution in [2.45, 2.75) is 26.8 Å². The van der Waals surface area contributed by atoms with Gasteiger partial charge < -0.3 is 15.3 Å². The van der Waals surface area contributed by atoms with Crippen molar-refractivity contribution in [2.75, 3.05) is 19.6 Å². The Morgan fingerprint density at radius 1 is 1.30 bits per heavy atom. The Hall–Kier alpha value is -1.95. The Bertz CT molecular complexity index is 472. The van der Waals surface area contributed by atoms with Crippen LogP contribution < -0.4 is 5.32 Å². The third-order valence-corrected chi connectivity index (χ3v) is 3.00. The second kappa shape index (κ2) is 7.59. The van der Waals surface area contributed by atoms with Gasteiger partial charge in [-0.1, -0.05) is 19.9 Å². The lowest BCUT2D eigenvalue weighted by Crippen LogP contribution is -2.42. The molecule has 6 heteroatoms. The second-order valence-corrected chi connectivity index (χ2v) is 4.57. The predicted octanol–water partition coefficient (Wildman–Crippen LogP) is 1.24. The highest BCUT2D eigenvalue weighted by molar-refractivity contribution is 5.94. The number of rotatable bonds is 7. The molecule has 0 saturated carbocycles. The molecule has 1 heterocycles. The number of likely N-dealkylation sites (N-methyl/N-ethyl adjacent to an activating group) is 1. The number of carboxylic acid groups (broad SMARTS) is 1. The van der Waals surface area contributed by atoms with Crippen molar-refractivity contribution in [1.29, 1.82) is 0 Å². The number of aromatic carboxylic acids is 1. The summed E-state index contributed by atoms with van der Waals surface area (Å²) in [6.07, 6.45) is 0. The maximum atomic E-state index is 12.0. The molecule has 1 aromatic heterocycles. The number of hydrogen-bond acceptors (Lipinski definition) is 4. The highest BCUT2D eigenvalue weighted by Gasteiger charge is 2.14. The van der Waals surface area contributed by atoms with Gasteiger partial charge in [0.2, 0.25) is 0 Å². The Morgan fingerprint density at radius 2 is 1.90 bits per heavy atom. The number of nitrogens with zero attached hydrogens (tertiary/aromatic N) is 2. The van der Waals surface area contributed by atoms with Gasteiger partial charge in [0.05, 0.1) is 0 Å². The van der Waals surface area contributed by atoms with Crippen LogP contribution in [0.3, 0.4) is 0 Å². The number of pyridine rings is 1. The topological polar surface area (TPSA) is 82.5 Å². The van der Waals surface area contributed by atoms with Crippen LogP contribution in [0.4, 0.5) is 0 Å². The lowest BCUT2D eigenvalue weighted by Gasteiger charge is -2.23. The summed E-state index contributed by atoms with van der Waals surface area (Å²) in [5, 5.41) is 11.7. The van der Waals surface area contributed by atoms with E-state index in [2.05, 4.69) is 29.0 Å². The van der Waals surface area contributed by atoms with Crippen molar-refractivity contribution in [1.82, 2.24) is 15.2 Å². The van der Waals surface area contributed by atoms with Crippen LogP contribution in [0.5, 0.6) is 0 Å². The summed E-state index contributed by atoms with van der Waals surface area (Å²) in [5.41, 5.74) is -0.00894. The maximum absolute atomic E-state index is 12.0. The van der Waals surface area contributed by atoms with Crippen LogP contribution in [0.15, 0.2) is 18.2 Å². The molecule has 0 bridgehead atoms. The van der Waals surface area contributed by atoms with E-state index in [0.29, 0.717) is 0 Å². The van der Waals surface area contributed by atoms with E-state index in [1.165, 1.54) is 18.2 Å². The zero-order valence-corrected chi connectivity index (χ0v) is 12.1. The van der Waals surface area contributed by atoms with Gasteiger partial charge in [0.15, 0.2) is 0 Å². The maximum Gasteiger partial charge on any atom is 0.354 e. The number of carbonyl (C=O) groups excluding carboxylic acids is 1. The van der Waals surface area contributed by atoms with Crippen molar-refractivity contribution >= 4 is 11.9 Å². The lowest BCUT2D eigenvalue weighted by molar-refractivity contribution is 0.0690. The largest absolute Gasteiger partial charge is 0.477 e. The Balaban J connectivity index is 2.66. The van der Waals surface area contributed by atoms with Crippen molar-refractivity contribution in [2.24, 2.45) is 0 Å². The first-order valence-corrected chi connectivity index (χ1v) is 6.71. The molecular weight excluding hydrogens is 258 g/mol. The van der Waals surface area contributed by atoms with E-state index in [4.69, 9.17) is 5.11 Å². The normalized spacial score (nSPS) is 12.2. The fourth-order valence-electron chi connectivity index (χ4n) is 1.89. The van der Waals surface area contributed by atoms with E-state index in [-0.39, 0.29) is 23.3 Å². The highest BCUT2D eigenvalue weighted by Crippen LogP contribution is 2.01. The molecule has 0 fully saturated rings. The van der Waals surface area contributed by atoms with Crippen molar-refractivity contribution in [3.05, 3.63) is 29.6 Å². The van der Waals surface area contributed by atoms with Gasteiger partial charge in [-0.15, -0.1) is 0 Å². The van der Waals surface area contributed by atoms with Gasteiger partial charge >= 0.3 is 5.97 Å². The van der Waals surface area contributed by atoms with Crippen LogP contribution in [0.1, 0.15) is 41.7 Å². The Labute approximate surface area is 118 Å². The fraction of sp³-hybridized carbons (Fsp3) is 0.500. The number of carbonyl (C=O) groups is 2. The van der Waals surface area contributed by atoms with Crippen LogP contribution in [-0.4, -0.2) is 52.5 Å². The van der Waals surface area contributed by atoms with Gasteiger partial charge in [-0.25, -0.2) is 9.78 Å². The smallest absolute Gasteiger partial charge is 0.354 e. The minimum atomic E-state index is -1.14. The molecule has 0 radical (unpaired) electrons. The van der Waals surface area contributed by atoms with E-state index >= 15 is 0 Å². The Morgan fingerprint density at radius 3 is 2.45 bits per heavy atom. The van der Waals surface area contributed by atoms with Gasteiger partial charge in [0.1, 0.15) is 11.4 Å². The first-order chi connectivity index (χ1) is 9.47. The Kier molecular flexibility index (Phi) is 6.11.